The van der Waals surface area contributed by atoms with E-state index in [0.29, 0.717) is 42.4 Å². The number of aryl methyl sites for hydroxylation is 3. The van der Waals surface area contributed by atoms with E-state index < -0.39 is 10.0 Å². The summed E-state index contributed by atoms with van der Waals surface area (Å²) in [5.41, 5.74) is 2.95. The predicted molar refractivity (Wildman–Crippen MR) is 96.6 cm³/mol. The van der Waals surface area contributed by atoms with Gasteiger partial charge in [-0.25, -0.2) is 8.42 Å². The molecule has 0 unspecified atom stereocenters. The van der Waals surface area contributed by atoms with Gasteiger partial charge in [-0.3, -0.25) is 4.79 Å². The van der Waals surface area contributed by atoms with Gasteiger partial charge in [-0.1, -0.05) is 6.07 Å². The van der Waals surface area contributed by atoms with E-state index >= 15 is 0 Å². The van der Waals surface area contributed by atoms with Crippen LogP contribution in [0.2, 0.25) is 0 Å². The van der Waals surface area contributed by atoms with E-state index in [2.05, 4.69) is 0 Å². The van der Waals surface area contributed by atoms with Crippen LogP contribution in [-0.2, 0) is 22.9 Å². The van der Waals surface area contributed by atoms with Crippen molar-refractivity contribution in [1.29, 1.82) is 0 Å². The van der Waals surface area contributed by atoms with E-state index in [1.807, 2.05) is 12.1 Å². The number of amides is 1. The summed E-state index contributed by atoms with van der Waals surface area (Å²) in [5, 5.41) is 0. The third kappa shape index (κ3) is 2.95. The Balaban J connectivity index is 1.47. The van der Waals surface area contributed by atoms with Crippen LogP contribution in [0.5, 0.6) is 0 Å². The van der Waals surface area contributed by atoms with E-state index in [4.69, 9.17) is 4.42 Å². The molecule has 0 saturated carbocycles. The zero-order valence-electron chi connectivity index (χ0n) is 14.8. The topological polar surface area (TPSA) is 70.8 Å². The highest BCUT2D eigenvalue weighted by molar-refractivity contribution is 7.89. The highest BCUT2D eigenvalue weighted by Crippen LogP contribution is 2.27. The van der Waals surface area contributed by atoms with Gasteiger partial charge in [0, 0.05) is 26.2 Å². The second-order valence-corrected chi connectivity index (χ2v) is 8.81. The molecule has 0 atom stereocenters. The number of benzene rings is 1. The molecule has 2 aromatic rings. The Bertz CT molecular complexity index is 940. The summed E-state index contributed by atoms with van der Waals surface area (Å²) < 4.78 is 32.6. The summed E-state index contributed by atoms with van der Waals surface area (Å²) in [5.74, 6) is 0.481. The zero-order valence-corrected chi connectivity index (χ0v) is 15.6. The number of hydrogen-bond donors (Lipinski definition) is 0. The fourth-order valence-electron chi connectivity index (χ4n) is 3.77. The average Bonchev–Trinajstić information content (AvgIpc) is 3.29. The van der Waals surface area contributed by atoms with Gasteiger partial charge in [0.15, 0.2) is 0 Å². The van der Waals surface area contributed by atoms with Crippen LogP contribution in [0.3, 0.4) is 0 Å². The summed E-state index contributed by atoms with van der Waals surface area (Å²) in [6, 6.07) is 7.14. The average molecular weight is 374 g/mol. The molecule has 1 aromatic heterocycles. The highest BCUT2D eigenvalue weighted by atomic mass is 32.2. The van der Waals surface area contributed by atoms with Crippen molar-refractivity contribution in [3.63, 3.8) is 0 Å². The Morgan fingerprint density at radius 3 is 2.46 bits per heavy atom. The van der Waals surface area contributed by atoms with Crippen molar-refractivity contribution in [3.8, 4) is 0 Å². The molecule has 2 aliphatic rings. The number of sulfonamides is 1. The molecule has 0 bridgehead atoms. The number of nitrogens with zero attached hydrogens (tertiary/aromatic N) is 2. The Kier molecular flexibility index (Phi) is 4.36. The maximum atomic E-state index is 13.0. The molecule has 1 aromatic carbocycles. The summed E-state index contributed by atoms with van der Waals surface area (Å²) in [6.07, 6.45) is 4.57. The largest absolute Gasteiger partial charge is 0.469 e. The zero-order chi connectivity index (χ0) is 18.3. The highest BCUT2D eigenvalue weighted by Gasteiger charge is 2.31. The van der Waals surface area contributed by atoms with Crippen molar-refractivity contribution in [2.24, 2.45) is 0 Å². The van der Waals surface area contributed by atoms with Gasteiger partial charge in [-0.05, 0) is 55.5 Å². The summed E-state index contributed by atoms with van der Waals surface area (Å²) in [4.78, 5) is 14.6. The fourth-order valence-corrected chi connectivity index (χ4v) is 5.24. The van der Waals surface area contributed by atoms with Gasteiger partial charge in [0.2, 0.25) is 10.0 Å². The van der Waals surface area contributed by atoms with Gasteiger partial charge in [-0.15, -0.1) is 0 Å². The van der Waals surface area contributed by atoms with Crippen molar-refractivity contribution in [1.82, 2.24) is 9.21 Å². The number of hydrogen-bond acceptors (Lipinski definition) is 4. The van der Waals surface area contributed by atoms with Crippen LogP contribution >= 0.6 is 0 Å². The second-order valence-electron chi connectivity index (χ2n) is 6.87. The lowest BCUT2D eigenvalue weighted by Crippen LogP contribution is -2.50. The van der Waals surface area contributed by atoms with E-state index in [0.717, 1.165) is 24.8 Å². The molecule has 0 radical (unpaired) electrons. The van der Waals surface area contributed by atoms with Gasteiger partial charge in [-0.2, -0.15) is 4.31 Å². The van der Waals surface area contributed by atoms with Crippen molar-refractivity contribution in [2.75, 3.05) is 26.2 Å². The number of furan rings is 1. The molecule has 1 aliphatic carbocycles. The van der Waals surface area contributed by atoms with Crippen LogP contribution in [-0.4, -0.2) is 49.7 Å². The molecule has 1 amide bonds. The summed E-state index contributed by atoms with van der Waals surface area (Å²) in [7, 11) is -3.52. The van der Waals surface area contributed by atoms with Crippen molar-refractivity contribution >= 4 is 15.9 Å². The molecule has 0 N–H and O–H groups in total. The molecular formula is C19H22N2O4S. The summed E-state index contributed by atoms with van der Waals surface area (Å²) in [6.45, 7) is 3.13. The quantitative estimate of drug-likeness (QED) is 0.826. The molecule has 1 saturated heterocycles. The number of carbonyl (C=O) groups excluding carboxylic acids is 1. The smallest absolute Gasteiger partial charge is 0.257 e. The lowest BCUT2D eigenvalue weighted by Gasteiger charge is -2.34. The third-order valence-corrected chi connectivity index (χ3v) is 7.22. The Morgan fingerprint density at radius 1 is 1.04 bits per heavy atom. The molecule has 1 aliphatic heterocycles. The molecular weight excluding hydrogens is 352 g/mol. The van der Waals surface area contributed by atoms with Gasteiger partial charge in [0.05, 0.1) is 16.7 Å². The predicted octanol–water partition coefficient (Wildman–Crippen LogP) is 2.22. The maximum Gasteiger partial charge on any atom is 0.257 e. The first-order valence-corrected chi connectivity index (χ1v) is 10.4. The monoisotopic (exact) mass is 374 g/mol. The molecule has 7 heteroatoms. The van der Waals surface area contributed by atoms with Gasteiger partial charge in [0.1, 0.15) is 5.76 Å². The minimum absolute atomic E-state index is 0.106. The molecule has 4 rings (SSSR count). The van der Waals surface area contributed by atoms with Gasteiger partial charge in [0.25, 0.3) is 5.91 Å². The number of piperazine rings is 1. The second kappa shape index (κ2) is 6.55. The van der Waals surface area contributed by atoms with E-state index in [1.54, 1.807) is 24.0 Å². The minimum Gasteiger partial charge on any atom is -0.469 e. The standard InChI is InChI=1S/C19H22N2O4S/c1-14-18(7-12-25-14)19(22)20-8-10-21(11-9-20)26(23,24)17-6-5-15-3-2-4-16(15)13-17/h5-7,12-13H,2-4,8-11H2,1H3. The third-order valence-electron chi connectivity index (χ3n) is 5.32. The fraction of sp³-hybridized carbons (Fsp3) is 0.421. The van der Waals surface area contributed by atoms with Crippen molar-refractivity contribution < 1.29 is 17.6 Å². The van der Waals surface area contributed by atoms with Crippen LogP contribution < -0.4 is 0 Å². The molecule has 26 heavy (non-hydrogen) atoms. The SMILES string of the molecule is Cc1occc1C(=O)N1CCN(S(=O)(=O)c2ccc3c(c2)CCC3)CC1. The lowest BCUT2D eigenvalue weighted by molar-refractivity contribution is 0.0696. The lowest BCUT2D eigenvalue weighted by atomic mass is 10.1. The van der Waals surface area contributed by atoms with E-state index in [-0.39, 0.29) is 5.91 Å². The van der Waals surface area contributed by atoms with Crippen LogP contribution in [0.4, 0.5) is 0 Å². The van der Waals surface area contributed by atoms with Gasteiger partial charge >= 0.3 is 0 Å². The Morgan fingerprint density at radius 2 is 1.77 bits per heavy atom. The first kappa shape index (κ1) is 17.3. The number of fused-ring (bicyclic) bond motifs is 1. The first-order chi connectivity index (χ1) is 12.5. The Labute approximate surface area is 153 Å². The first-order valence-electron chi connectivity index (χ1n) is 8.92. The van der Waals surface area contributed by atoms with E-state index in [9.17, 15) is 13.2 Å². The van der Waals surface area contributed by atoms with Crippen molar-refractivity contribution in [3.05, 3.63) is 53.0 Å². The van der Waals surface area contributed by atoms with Gasteiger partial charge < -0.3 is 9.32 Å². The molecule has 0 spiro atoms. The van der Waals surface area contributed by atoms with Crippen molar-refractivity contribution in [2.45, 2.75) is 31.1 Å². The number of carbonyl (C=O) groups is 1. The summed E-state index contributed by atoms with van der Waals surface area (Å²) >= 11 is 0. The normalized spacial score (nSPS) is 18.1. The van der Waals surface area contributed by atoms with Crippen LogP contribution in [0.25, 0.3) is 0 Å². The molecule has 1 fully saturated rings. The Hall–Kier alpha value is -2.12. The molecule has 2 heterocycles. The van der Waals surface area contributed by atoms with Crippen LogP contribution in [0.15, 0.2) is 39.8 Å². The minimum atomic E-state index is -3.52. The molecule has 138 valence electrons. The maximum absolute atomic E-state index is 13.0. The molecule has 6 nitrogen and oxygen atoms in total. The van der Waals surface area contributed by atoms with Crippen LogP contribution in [0.1, 0.15) is 33.7 Å². The number of rotatable bonds is 3. The van der Waals surface area contributed by atoms with E-state index in [1.165, 1.54) is 16.1 Å². The van der Waals surface area contributed by atoms with Crippen LogP contribution in [0, 0.1) is 6.92 Å².